The van der Waals surface area contributed by atoms with E-state index in [4.69, 9.17) is 10.5 Å². The summed E-state index contributed by atoms with van der Waals surface area (Å²) >= 11 is 1.70. The molecule has 0 aliphatic carbocycles. The second-order valence-electron chi connectivity index (χ2n) is 4.97. The fraction of sp³-hybridized carbons (Fsp3) is 0.615. The third-order valence-corrected chi connectivity index (χ3v) is 4.00. The van der Waals surface area contributed by atoms with Gasteiger partial charge in [-0.15, -0.1) is 11.3 Å². The van der Waals surface area contributed by atoms with Gasteiger partial charge in [-0.1, -0.05) is 6.07 Å². The summed E-state index contributed by atoms with van der Waals surface area (Å²) < 4.78 is 5.75. The highest BCUT2D eigenvalue weighted by molar-refractivity contribution is 7.09. The third-order valence-electron chi connectivity index (χ3n) is 3.14. The second kappa shape index (κ2) is 7.00. The van der Waals surface area contributed by atoms with Crippen LogP contribution in [0.15, 0.2) is 17.5 Å². The van der Waals surface area contributed by atoms with Crippen molar-refractivity contribution in [2.45, 2.75) is 12.6 Å². The van der Waals surface area contributed by atoms with Crippen LogP contribution < -0.4 is 5.73 Å². The summed E-state index contributed by atoms with van der Waals surface area (Å²) in [4.78, 5) is 16.7. The van der Waals surface area contributed by atoms with Crippen LogP contribution in [0.3, 0.4) is 0 Å². The molecule has 0 bridgehead atoms. The molecule has 1 aromatic rings. The Kier molecular flexibility index (Phi) is 5.33. The Labute approximate surface area is 117 Å². The molecule has 2 heterocycles. The van der Waals surface area contributed by atoms with E-state index < -0.39 is 0 Å². The minimum absolute atomic E-state index is 0.151. The van der Waals surface area contributed by atoms with Gasteiger partial charge in [-0.05, 0) is 18.5 Å². The van der Waals surface area contributed by atoms with E-state index in [1.807, 2.05) is 11.4 Å². The number of ether oxygens (including phenoxy) is 1. The molecule has 0 unspecified atom stereocenters. The van der Waals surface area contributed by atoms with E-state index in [2.05, 4.69) is 22.9 Å². The number of nitrogens with zero attached hydrogens (tertiary/aromatic N) is 2. The Hall–Kier alpha value is -0.950. The molecular formula is C13H21N3O2S. The van der Waals surface area contributed by atoms with Crippen molar-refractivity contribution >= 4 is 17.2 Å². The van der Waals surface area contributed by atoms with Crippen molar-refractivity contribution in [2.75, 3.05) is 39.8 Å². The van der Waals surface area contributed by atoms with Gasteiger partial charge in [0, 0.05) is 31.1 Å². The van der Waals surface area contributed by atoms with Crippen molar-refractivity contribution in [1.82, 2.24) is 9.80 Å². The predicted octanol–water partition coefficient (Wildman–Crippen LogP) is 0.366. The predicted molar refractivity (Wildman–Crippen MR) is 76.0 cm³/mol. The van der Waals surface area contributed by atoms with Crippen molar-refractivity contribution in [1.29, 1.82) is 0 Å². The maximum Gasteiger partial charge on any atom is 0.231 e. The number of amides is 1. The molecule has 1 aliphatic rings. The second-order valence-corrected chi connectivity index (χ2v) is 6.00. The van der Waals surface area contributed by atoms with Gasteiger partial charge in [-0.2, -0.15) is 0 Å². The summed E-state index contributed by atoms with van der Waals surface area (Å²) in [6.07, 6.45) is 0.151. The number of morpholine rings is 1. The third kappa shape index (κ3) is 4.91. The number of likely N-dealkylation sites (N-methyl/N-ethyl adjacent to an activating group) is 1. The normalized spacial score (nSPS) is 20.8. The molecule has 2 rings (SSSR count). The van der Waals surface area contributed by atoms with E-state index in [1.165, 1.54) is 4.88 Å². The van der Waals surface area contributed by atoms with Gasteiger partial charge in [-0.3, -0.25) is 9.69 Å². The van der Waals surface area contributed by atoms with E-state index in [0.717, 1.165) is 32.8 Å². The van der Waals surface area contributed by atoms with E-state index in [1.54, 1.807) is 11.3 Å². The molecule has 1 aromatic heterocycles. The summed E-state index contributed by atoms with van der Waals surface area (Å²) in [5.74, 6) is -0.291. The molecular weight excluding hydrogens is 262 g/mol. The number of hydrogen-bond donors (Lipinski definition) is 1. The van der Waals surface area contributed by atoms with Crippen molar-refractivity contribution in [3.8, 4) is 0 Å². The molecule has 1 atom stereocenters. The molecule has 0 spiro atoms. The highest BCUT2D eigenvalue weighted by atomic mass is 32.1. The van der Waals surface area contributed by atoms with Crippen LogP contribution in [0.2, 0.25) is 0 Å². The van der Waals surface area contributed by atoms with Crippen LogP contribution in [0.5, 0.6) is 0 Å². The zero-order valence-corrected chi connectivity index (χ0v) is 12.1. The number of thiophene rings is 1. The first kappa shape index (κ1) is 14.5. The van der Waals surface area contributed by atoms with E-state index >= 15 is 0 Å². The summed E-state index contributed by atoms with van der Waals surface area (Å²) in [6.45, 7) is 4.40. The molecule has 5 nitrogen and oxygen atoms in total. The lowest BCUT2D eigenvalue weighted by molar-refractivity contribution is -0.120. The largest absolute Gasteiger partial charge is 0.374 e. The number of carbonyl (C=O) groups is 1. The molecule has 6 heteroatoms. The molecule has 106 valence electrons. The van der Waals surface area contributed by atoms with Gasteiger partial charge in [0.1, 0.15) is 0 Å². The van der Waals surface area contributed by atoms with Crippen molar-refractivity contribution < 1.29 is 9.53 Å². The lowest BCUT2D eigenvalue weighted by Crippen LogP contribution is -2.47. The van der Waals surface area contributed by atoms with Gasteiger partial charge in [-0.25, -0.2) is 0 Å². The monoisotopic (exact) mass is 283 g/mol. The topological polar surface area (TPSA) is 58.8 Å². The van der Waals surface area contributed by atoms with Crippen LogP contribution in [0, 0.1) is 0 Å². The Morgan fingerprint density at radius 2 is 2.53 bits per heavy atom. The Bertz CT molecular complexity index is 397. The van der Waals surface area contributed by atoms with Crippen LogP contribution >= 0.6 is 11.3 Å². The maximum absolute atomic E-state index is 11.2. The number of primary amides is 1. The minimum atomic E-state index is -0.291. The first-order chi connectivity index (χ1) is 9.13. The first-order valence-corrected chi connectivity index (χ1v) is 7.34. The van der Waals surface area contributed by atoms with Crippen LogP contribution in [-0.4, -0.2) is 61.6 Å². The zero-order valence-electron chi connectivity index (χ0n) is 11.2. The fourth-order valence-corrected chi connectivity index (χ4v) is 3.04. The highest BCUT2D eigenvalue weighted by Gasteiger charge is 2.21. The number of carbonyl (C=O) groups excluding carboxylic acids is 1. The first-order valence-electron chi connectivity index (χ1n) is 6.46. The van der Waals surface area contributed by atoms with Crippen LogP contribution in [0.4, 0.5) is 0 Å². The average molecular weight is 283 g/mol. The van der Waals surface area contributed by atoms with Crippen molar-refractivity contribution in [3.05, 3.63) is 22.4 Å². The summed E-state index contributed by atoms with van der Waals surface area (Å²) in [6, 6.07) is 4.10. The quantitative estimate of drug-likeness (QED) is 0.819. The Balaban J connectivity index is 1.91. The van der Waals surface area contributed by atoms with Gasteiger partial charge >= 0.3 is 0 Å². The van der Waals surface area contributed by atoms with Crippen molar-refractivity contribution in [3.63, 3.8) is 0 Å². The highest BCUT2D eigenvalue weighted by Crippen LogP contribution is 2.13. The molecule has 1 amide bonds. The van der Waals surface area contributed by atoms with Crippen molar-refractivity contribution in [2.24, 2.45) is 5.73 Å². The molecule has 1 fully saturated rings. The van der Waals surface area contributed by atoms with E-state index in [9.17, 15) is 4.79 Å². The summed E-state index contributed by atoms with van der Waals surface area (Å²) in [7, 11) is 2.09. The maximum atomic E-state index is 11.2. The Morgan fingerprint density at radius 1 is 1.68 bits per heavy atom. The number of hydrogen-bond acceptors (Lipinski definition) is 5. The average Bonchev–Trinajstić information content (AvgIpc) is 2.80. The molecule has 0 radical (unpaired) electrons. The summed E-state index contributed by atoms with van der Waals surface area (Å²) in [5, 5.41) is 2.04. The van der Waals surface area contributed by atoms with Gasteiger partial charge in [0.15, 0.2) is 0 Å². The molecule has 19 heavy (non-hydrogen) atoms. The lowest BCUT2D eigenvalue weighted by atomic mass is 10.2. The fourth-order valence-electron chi connectivity index (χ4n) is 2.29. The van der Waals surface area contributed by atoms with Crippen LogP contribution in [0.1, 0.15) is 4.88 Å². The van der Waals surface area contributed by atoms with Gasteiger partial charge in [0.05, 0.1) is 19.3 Å². The molecule has 1 aliphatic heterocycles. The van der Waals surface area contributed by atoms with E-state index in [-0.39, 0.29) is 18.6 Å². The van der Waals surface area contributed by atoms with Crippen LogP contribution in [0.25, 0.3) is 0 Å². The van der Waals surface area contributed by atoms with E-state index in [0.29, 0.717) is 0 Å². The SMILES string of the molecule is CN1CCO[C@H](CN(CC(N)=O)Cc2cccs2)C1. The van der Waals surface area contributed by atoms with Gasteiger partial charge < -0.3 is 15.4 Å². The molecule has 2 N–H and O–H groups in total. The molecule has 0 aromatic carbocycles. The van der Waals surface area contributed by atoms with Crippen LogP contribution in [-0.2, 0) is 16.1 Å². The zero-order chi connectivity index (χ0) is 13.7. The summed E-state index contributed by atoms with van der Waals surface area (Å²) in [5.41, 5.74) is 5.33. The number of rotatable bonds is 6. The smallest absolute Gasteiger partial charge is 0.231 e. The van der Waals surface area contributed by atoms with Gasteiger partial charge in [0.25, 0.3) is 0 Å². The number of nitrogens with two attached hydrogens (primary N) is 1. The lowest BCUT2D eigenvalue weighted by Gasteiger charge is -2.33. The minimum Gasteiger partial charge on any atom is -0.374 e. The molecule has 1 saturated heterocycles. The molecule has 0 saturated carbocycles. The Morgan fingerprint density at radius 3 is 3.16 bits per heavy atom. The standard InChI is InChI=1S/C13H21N3O2S/c1-15-4-5-18-11(7-15)8-16(10-13(14)17)9-12-3-2-6-19-12/h2-3,6,11H,4-5,7-10H2,1H3,(H2,14,17)/t11-/m0/s1. The van der Waals surface area contributed by atoms with Gasteiger partial charge in [0.2, 0.25) is 5.91 Å².